The van der Waals surface area contributed by atoms with E-state index in [0.29, 0.717) is 24.1 Å². The molecule has 21 heavy (non-hydrogen) atoms. The Morgan fingerprint density at radius 3 is 2.71 bits per heavy atom. The highest BCUT2D eigenvalue weighted by Crippen LogP contribution is 2.30. The van der Waals surface area contributed by atoms with E-state index in [0.717, 1.165) is 6.42 Å². The van der Waals surface area contributed by atoms with Crippen molar-refractivity contribution in [3.05, 3.63) is 28.8 Å². The van der Waals surface area contributed by atoms with Gasteiger partial charge in [0.15, 0.2) is 0 Å². The summed E-state index contributed by atoms with van der Waals surface area (Å²) in [7, 11) is 0. The van der Waals surface area contributed by atoms with E-state index in [-0.39, 0.29) is 16.6 Å². The number of amides is 2. The van der Waals surface area contributed by atoms with Crippen LogP contribution < -0.4 is 10.6 Å². The molecule has 1 fully saturated rings. The summed E-state index contributed by atoms with van der Waals surface area (Å²) in [5, 5.41) is 14.5. The Bertz CT molecular complexity index is 548. The average Bonchev–Trinajstić information content (AvgIpc) is 2.81. The van der Waals surface area contributed by atoms with E-state index in [1.54, 1.807) is 0 Å². The summed E-state index contributed by atoms with van der Waals surface area (Å²) in [6.45, 7) is 2.87. The molecule has 0 radical (unpaired) electrons. The van der Waals surface area contributed by atoms with Gasteiger partial charge in [0.1, 0.15) is 0 Å². The number of anilines is 1. The number of hydrogen-bond acceptors (Lipinski definition) is 2. The van der Waals surface area contributed by atoms with Crippen molar-refractivity contribution in [1.29, 1.82) is 0 Å². The Morgan fingerprint density at radius 1 is 1.38 bits per heavy atom. The Morgan fingerprint density at radius 2 is 2.14 bits per heavy atom. The maximum Gasteiger partial charge on any atom is 0.337 e. The van der Waals surface area contributed by atoms with Gasteiger partial charge in [-0.05, 0) is 36.5 Å². The van der Waals surface area contributed by atoms with Crippen molar-refractivity contribution in [3.8, 4) is 0 Å². The highest BCUT2D eigenvalue weighted by Gasteiger charge is 2.23. The summed E-state index contributed by atoms with van der Waals surface area (Å²) in [5.74, 6) is 0.0922. The first kappa shape index (κ1) is 15.6. The number of halogens is 1. The first-order valence-electron chi connectivity index (χ1n) is 7.05. The van der Waals surface area contributed by atoms with Gasteiger partial charge < -0.3 is 15.7 Å². The van der Waals surface area contributed by atoms with E-state index in [2.05, 4.69) is 17.6 Å². The van der Waals surface area contributed by atoms with Crippen LogP contribution in [0.4, 0.5) is 10.5 Å². The predicted molar refractivity (Wildman–Crippen MR) is 81.9 cm³/mol. The van der Waals surface area contributed by atoms with E-state index in [9.17, 15) is 9.59 Å². The summed E-state index contributed by atoms with van der Waals surface area (Å²) in [4.78, 5) is 22.7. The molecule has 2 amide bonds. The fourth-order valence-corrected chi connectivity index (χ4v) is 2.95. The molecule has 6 heteroatoms. The Kier molecular flexibility index (Phi) is 5.07. The molecule has 2 rings (SSSR count). The third kappa shape index (κ3) is 4.11. The van der Waals surface area contributed by atoms with Crippen molar-refractivity contribution in [2.24, 2.45) is 11.8 Å². The lowest BCUT2D eigenvalue weighted by molar-refractivity contribution is 0.0697. The topological polar surface area (TPSA) is 78.4 Å². The molecular formula is C15H19ClN2O3. The lowest BCUT2D eigenvalue weighted by Crippen LogP contribution is -2.33. The lowest BCUT2D eigenvalue weighted by Gasteiger charge is -2.16. The van der Waals surface area contributed by atoms with Gasteiger partial charge in [-0.15, -0.1) is 0 Å². The molecule has 1 aliphatic carbocycles. The molecular weight excluding hydrogens is 292 g/mol. The Balaban J connectivity index is 1.87. The number of benzene rings is 1. The summed E-state index contributed by atoms with van der Waals surface area (Å²) < 4.78 is 0. The van der Waals surface area contributed by atoms with Crippen LogP contribution in [0.3, 0.4) is 0 Å². The van der Waals surface area contributed by atoms with Gasteiger partial charge in [-0.1, -0.05) is 31.4 Å². The van der Waals surface area contributed by atoms with Gasteiger partial charge in [-0.2, -0.15) is 0 Å². The quantitative estimate of drug-likeness (QED) is 0.795. The van der Waals surface area contributed by atoms with E-state index in [4.69, 9.17) is 16.7 Å². The SMILES string of the molecule is CC1CCCC1CNC(=O)Nc1ccc(C(=O)O)c(Cl)c1. The minimum absolute atomic E-state index is 0.0161. The first-order valence-corrected chi connectivity index (χ1v) is 7.43. The third-order valence-corrected chi connectivity index (χ3v) is 4.33. The average molecular weight is 311 g/mol. The Hall–Kier alpha value is -1.75. The van der Waals surface area contributed by atoms with Crippen LogP contribution in [0, 0.1) is 11.8 Å². The second-order valence-corrected chi connectivity index (χ2v) is 5.91. The molecule has 0 aliphatic heterocycles. The van der Waals surface area contributed by atoms with Crippen molar-refractivity contribution in [3.63, 3.8) is 0 Å². The first-order chi connectivity index (χ1) is 9.97. The van der Waals surface area contributed by atoms with E-state index in [1.165, 1.54) is 31.0 Å². The number of carboxylic acid groups (broad SMARTS) is 1. The van der Waals surface area contributed by atoms with Crippen LogP contribution in [0.2, 0.25) is 5.02 Å². The molecule has 1 saturated carbocycles. The van der Waals surface area contributed by atoms with Crippen LogP contribution in [0.5, 0.6) is 0 Å². The minimum Gasteiger partial charge on any atom is -0.478 e. The largest absolute Gasteiger partial charge is 0.478 e. The number of nitrogens with one attached hydrogen (secondary N) is 2. The molecule has 114 valence electrons. The molecule has 1 aliphatic rings. The highest BCUT2D eigenvalue weighted by molar-refractivity contribution is 6.33. The molecule has 0 saturated heterocycles. The molecule has 1 aromatic rings. The van der Waals surface area contributed by atoms with Crippen molar-refractivity contribution >= 4 is 29.3 Å². The number of rotatable bonds is 4. The zero-order valence-electron chi connectivity index (χ0n) is 11.9. The number of hydrogen-bond donors (Lipinski definition) is 3. The Labute approximate surface area is 128 Å². The normalized spacial score (nSPS) is 21.0. The fraction of sp³-hybridized carbons (Fsp3) is 0.467. The van der Waals surface area contributed by atoms with Crippen molar-refractivity contribution in [2.45, 2.75) is 26.2 Å². The second kappa shape index (κ2) is 6.80. The number of aromatic carboxylic acids is 1. The molecule has 0 spiro atoms. The zero-order chi connectivity index (χ0) is 15.4. The smallest absolute Gasteiger partial charge is 0.337 e. The third-order valence-electron chi connectivity index (χ3n) is 4.02. The molecule has 0 aromatic heterocycles. The number of urea groups is 1. The number of carbonyl (C=O) groups is 2. The van der Waals surface area contributed by atoms with Gasteiger partial charge in [0.2, 0.25) is 0 Å². The van der Waals surface area contributed by atoms with E-state index in [1.807, 2.05) is 0 Å². The van der Waals surface area contributed by atoms with Gasteiger partial charge in [0.25, 0.3) is 0 Å². The molecule has 3 N–H and O–H groups in total. The van der Waals surface area contributed by atoms with Gasteiger partial charge in [0.05, 0.1) is 10.6 Å². The van der Waals surface area contributed by atoms with Gasteiger partial charge in [0, 0.05) is 12.2 Å². The van der Waals surface area contributed by atoms with Gasteiger partial charge in [-0.3, -0.25) is 0 Å². The van der Waals surface area contributed by atoms with E-state index >= 15 is 0 Å². The molecule has 2 atom stereocenters. The van der Waals surface area contributed by atoms with Crippen LogP contribution in [0.25, 0.3) is 0 Å². The maximum atomic E-state index is 11.8. The minimum atomic E-state index is -1.09. The highest BCUT2D eigenvalue weighted by atomic mass is 35.5. The molecule has 0 bridgehead atoms. The summed E-state index contributed by atoms with van der Waals surface area (Å²) in [6, 6.07) is 4.03. The van der Waals surface area contributed by atoms with Crippen molar-refractivity contribution in [2.75, 3.05) is 11.9 Å². The molecule has 2 unspecified atom stereocenters. The van der Waals surface area contributed by atoms with Crippen LogP contribution in [0.1, 0.15) is 36.5 Å². The van der Waals surface area contributed by atoms with Crippen LogP contribution in [-0.4, -0.2) is 23.7 Å². The predicted octanol–water partition coefficient (Wildman–Crippen LogP) is 3.60. The van der Waals surface area contributed by atoms with Crippen LogP contribution >= 0.6 is 11.6 Å². The maximum absolute atomic E-state index is 11.8. The standard InChI is InChI=1S/C15H19ClN2O3/c1-9-3-2-4-10(9)8-17-15(21)18-11-5-6-12(14(19)20)13(16)7-11/h5-7,9-10H,2-4,8H2,1H3,(H,19,20)(H2,17,18,21). The molecule has 1 aromatic carbocycles. The van der Waals surface area contributed by atoms with Crippen molar-refractivity contribution in [1.82, 2.24) is 5.32 Å². The molecule has 0 heterocycles. The van der Waals surface area contributed by atoms with Crippen molar-refractivity contribution < 1.29 is 14.7 Å². The number of carboxylic acids is 1. The second-order valence-electron chi connectivity index (χ2n) is 5.50. The zero-order valence-corrected chi connectivity index (χ0v) is 12.6. The summed E-state index contributed by atoms with van der Waals surface area (Å²) >= 11 is 5.86. The fourth-order valence-electron chi connectivity index (χ4n) is 2.69. The van der Waals surface area contributed by atoms with Gasteiger partial charge in [-0.25, -0.2) is 9.59 Å². The van der Waals surface area contributed by atoms with Crippen LogP contribution in [-0.2, 0) is 0 Å². The summed E-state index contributed by atoms with van der Waals surface area (Å²) in [5.41, 5.74) is 0.490. The summed E-state index contributed by atoms with van der Waals surface area (Å²) in [6.07, 6.45) is 3.60. The van der Waals surface area contributed by atoms with Gasteiger partial charge >= 0.3 is 12.0 Å². The molecule has 5 nitrogen and oxygen atoms in total. The van der Waals surface area contributed by atoms with E-state index < -0.39 is 5.97 Å². The van der Waals surface area contributed by atoms with Crippen LogP contribution in [0.15, 0.2) is 18.2 Å². The monoisotopic (exact) mass is 310 g/mol. The number of carbonyl (C=O) groups excluding carboxylic acids is 1. The lowest BCUT2D eigenvalue weighted by atomic mass is 9.98.